The molecule has 0 radical (unpaired) electrons. The maximum absolute atomic E-state index is 13.0. The number of hydrogen-bond acceptors (Lipinski definition) is 3. The van der Waals surface area contributed by atoms with Crippen LogP contribution in [0.2, 0.25) is 0 Å². The van der Waals surface area contributed by atoms with E-state index in [0.29, 0.717) is 5.69 Å². The van der Waals surface area contributed by atoms with E-state index in [2.05, 4.69) is 17.1 Å². The average Bonchev–Trinajstić information content (AvgIpc) is 3.06. The summed E-state index contributed by atoms with van der Waals surface area (Å²) in [6.45, 7) is 1.87. The predicted molar refractivity (Wildman–Crippen MR) is 86.8 cm³/mol. The van der Waals surface area contributed by atoms with Gasteiger partial charge < -0.3 is 5.73 Å². The van der Waals surface area contributed by atoms with Crippen LogP contribution in [-0.4, -0.2) is 15.5 Å². The van der Waals surface area contributed by atoms with E-state index in [1.807, 2.05) is 37.3 Å². The summed E-state index contributed by atoms with van der Waals surface area (Å²) in [5.74, 6) is 0.841. The van der Waals surface area contributed by atoms with Crippen molar-refractivity contribution in [3.63, 3.8) is 0 Å². The van der Waals surface area contributed by atoms with Gasteiger partial charge in [0.1, 0.15) is 5.82 Å². The molecule has 4 nitrogen and oxygen atoms in total. The Morgan fingerprint density at radius 2 is 1.86 bits per heavy atom. The maximum Gasteiger partial charge on any atom is 0.236 e. The highest BCUT2D eigenvalue weighted by molar-refractivity contribution is 5.93. The Kier molecular flexibility index (Phi) is 2.79. The number of fused-ring (bicyclic) bond motifs is 2. The van der Waals surface area contributed by atoms with E-state index in [1.165, 1.54) is 11.1 Å². The molecule has 0 fully saturated rings. The van der Waals surface area contributed by atoms with Crippen molar-refractivity contribution in [2.45, 2.75) is 19.8 Å². The van der Waals surface area contributed by atoms with Gasteiger partial charge in [-0.2, -0.15) is 0 Å². The SMILES string of the molecule is Cc1nc2cc(N)ccc2n1C(=O)C1Cc2ccccc2C1. The van der Waals surface area contributed by atoms with E-state index in [4.69, 9.17) is 5.73 Å². The number of nitrogens with two attached hydrogens (primary N) is 1. The fraction of sp³-hybridized carbons (Fsp3) is 0.222. The summed E-state index contributed by atoms with van der Waals surface area (Å²) in [5.41, 5.74) is 10.7. The van der Waals surface area contributed by atoms with Gasteiger partial charge in [0.15, 0.2) is 0 Å². The third-order valence-corrected chi connectivity index (χ3v) is 4.47. The third-order valence-electron chi connectivity index (χ3n) is 4.47. The zero-order valence-electron chi connectivity index (χ0n) is 12.4. The molecule has 4 heteroatoms. The number of aryl methyl sites for hydroxylation is 1. The molecule has 110 valence electrons. The molecule has 0 saturated carbocycles. The lowest BCUT2D eigenvalue weighted by molar-refractivity contribution is 0.0842. The summed E-state index contributed by atoms with van der Waals surface area (Å²) in [6, 6.07) is 13.8. The number of rotatable bonds is 1. The standard InChI is InChI=1S/C18H17N3O/c1-11-20-16-10-15(19)6-7-17(16)21(11)18(22)14-8-12-4-2-3-5-13(12)9-14/h2-7,10,14H,8-9,19H2,1H3. The number of carbonyl (C=O) groups is 1. The van der Waals surface area contributed by atoms with Crippen LogP contribution in [0, 0.1) is 12.8 Å². The number of nitrogens with zero attached hydrogens (tertiary/aromatic N) is 2. The van der Waals surface area contributed by atoms with Gasteiger partial charge in [-0.05, 0) is 49.1 Å². The number of anilines is 1. The first-order valence-corrected chi connectivity index (χ1v) is 7.49. The molecular formula is C18H17N3O. The molecule has 1 aromatic heterocycles. The van der Waals surface area contributed by atoms with Gasteiger partial charge in [0.05, 0.1) is 11.0 Å². The second kappa shape index (κ2) is 4.70. The molecule has 4 rings (SSSR count). The van der Waals surface area contributed by atoms with Crippen LogP contribution in [0.25, 0.3) is 11.0 Å². The zero-order valence-corrected chi connectivity index (χ0v) is 12.4. The molecule has 1 heterocycles. The van der Waals surface area contributed by atoms with Gasteiger partial charge in [0, 0.05) is 11.6 Å². The van der Waals surface area contributed by atoms with Crippen molar-refractivity contribution in [2.75, 3.05) is 5.73 Å². The van der Waals surface area contributed by atoms with Crippen LogP contribution in [0.5, 0.6) is 0 Å². The molecule has 0 saturated heterocycles. The topological polar surface area (TPSA) is 60.9 Å². The second-order valence-corrected chi connectivity index (χ2v) is 5.95. The highest BCUT2D eigenvalue weighted by atomic mass is 16.2. The van der Waals surface area contributed by atoms with Gasteiger partial charge in [-0.25, -0.2) is 4.98 Å². The normalized spacial score (nSPS) is 14.4. The predicted octanol–water partition coefficient (Wildman–Crippen LogP) is 2.98. The molecule has 3 aromatic rings. The number of nitrogen functional groups attached to an aromatic ring is 1. The van der Waals surface area contributed by atoms with Gasteiger partial charge >= 0.3 is 0 Å². The molecule has 2 N–H and O–H groups in total. The summed E-state index contributed by atoms with van der Waals surface area (Å²) < 4.78 is 1.74. The Hall–Kier alpha value is -2.62. The van der Waals surface area contributed by atoms with Gasteiger partial charge in [-0.1, -0.05) is 24.3 Å². The lowest BCUT2D eigenvalue weighted by Gasteiger charge is -2.11. The van der Waals surface area contributed by atoms with Crippen LogP contribution in [0.15, 0.2) is 42.5 Å². The highest BCUT2D eigenvalue weighted by Crippen LogP contribution is 2.29. The average molecular weight is 291 g/mol. The lowest BCUT2D eigenvalue weighted by Crippen LogP contribution is -2.23. The minimum Gasteiger partial charge on any atom is -0.399 e. The zero-order chi connectivity index (χ0) is 15.3. The smallest absolute Gasteiger partial charge is 0.236 e. The molecule has 0 amide bonds. The minimum absolute atomic E-state index is 0.00828. The van der Waals surface area contributed by atoms with E-state index < -0.39 is 0 Å². The largest absolute Gasteiger partial charge is 0.399 e. The van der Waals surface area contributed by atoms with E-state index in [9.17, 15) is 4.79 Å². The van der Waals surface area contributed by atoms with E-state index >= 15 is 0 Å². The third kappa shape index (κ3) is 1.91. The van der Waals surface area contributed by atoms with E-state index in [1.54, 1.807) is 4.57 Å². The molecule has 0 atom stereocenters. The van der Waals surface area contributed by atoms with Crippen LogP contribution in [0.3, 0.4) is 0 Å². The quantitative estimate of drug-likeness (QED) is 0.701. The first-order chi connectivity index (χ1) is 10.6. The molecule has 1 aliphatic carbocycles. The molecule has 0 aliphatic heterocycles. The van der Waals surface area contributed by atoms with Crippen molar-refractivity contribution >= 4 is 22.6 Å². The van der Waals surface area contributed by atoms with Crippen LogP contribution >= 0.6 is 0 Å². The van der Waals surface area contributed by atoms with Crippen molar-refractivity contribution < 1.29 is 4.79 Å². The summed E-state index contributed by atoms with van der Waals surface area (Å²) in [4.78, 5) is 17.5. The molecule has 2 aromatic carbocycles. The van der Waals surface area contributed by atoms with Crippen LogP contribution in [0.1, 0.15) is 21.7 Å². The summed E-state index contributed by atoms with van der Waals surface area (Å²) >= 11 is 0. The van der Waals surface area contributed by atoms with Crippen molar-refractivity contribution in [1.82, 2.24) is 9.55 Å². The van der Waals surface area contributed by atoms with E-state index in [0.717, 1.165) is 29.7 Å². The molecule has 0 spiro atoms. The lowest BCUT2D eigenvalue weighted by atomic mass is 10.1. The Labute approximate surface area is 128 Å². The van der Waals surface area contributed by atoms with Gasteiger partial charge in [0.2, 0.25) is 5.91 Å². The van der Waals surface area contributed by atoms with E-state index in [-0.39, 0.29) is 11.8 Å². The van der Waals surface area contributed by atoms with Crippen LogP contribution < -0.4 is 5.73 Å². The molecule has 0 bridgehead atoms. The number of aromatic nitrogens is 2. The van der Waals surface area contributed by atoms with Crippen molar-refractivity contribution in [3.05, 3.63) is 59.4 Å². The van der Waals surface area contributed by atoms with Crippen molar-refractivity contribution in [3.8, 4) is 0 Å². The first kappa shape index (κ1) is 13.1. The minimum atomic E-state index is -0.00828. The number of imidazole rings is 1. The number of hydrogen-bond donors (Lipinski definition) is 1. The van der Waals surface area contributed by atoms with Crippen molar-refractivity contribution in [2.24, 2.45) is 5.92 Å². The van der Waals surface area contributed by atoms with Crippen LogP contribution in [-0.2, 0) is 12.8 Å². The van der Waals surface area contributed by atoms with Gasteiger partial charge in [-0.3, -0.25) is 9.36 Å². The summed E-state index contributed by atoms with van der Waals surface area (Å²) in [6.07, 6.45) is 1.62. The fourth-order valence-corrected chi connectivity index (χ4v) is 3.41. The Morgan fingerprint density at radius 1 is 1.18 bits per heavy atom. The monoisotopic (exact) mass is 291 g/mol. The molecule has 0 unspecified atom stereocenters. The number of benzene rings is 2. The Bertz CT molecular complexity index is 869. The molecular weight excluding hydrogens is 274 g/mol. The highest BCUT2D eigenvalue weighted by Gasteiger charge is 2.29. The second-order valence-electron chi connectivity index (χ2n) is 5.95. The van der Waals surface area contributed by atoms with Gasteiger partial charge in [0.25, 0.3) is 0 Å². The Balaban J connectivity index is 1.74. The number of carbonyl (C=O) groups excluding carboxylic acids is 1. The van der Waals surface area contributed by atoms with Crippen LogP contribution in [0.4, 0.5) is 5.69 Å². The first-order valence-electron chi connectivity index (χ1n) is 7.49. The van der Waals surface area contributed by atoms with Crippen molar-refractivity contribution in [1.29, 1.82) is 0 Å². The summed E-state index contributed by atoms with van der Waals surface area (Å²) in [7, 11) is 0. The Morgan fingerprint density at radius 3 is 2.55 bits per heavy atom. The maximum atomic E-state index is 13.0. The van der Waals surface area contributed by atoms with Gasteiger partial charge in [-0.15, -0.1) is 0 Å². The summed E-state index contributed by atoms with van der Waals surface area (Å²) in [5, 5.41) is 0. The fourth-order valence-electron chi connectivity index (χ4n) is 3.41. The molecule has 1 aliphatic rings. The molecule has 22 heavy (non-hydrogen) atoms.